The summed E-state index contributed by atoms with van der Waals surface area (Å²) >= 11 is 0. The number of aryl methyl sites for hydroxylation is 1. The normalized spacial score (nSPS) is 15.7. The van der Waals surface area contributed by atoms with E-state index in [4.69, 9.17) is 14.2 Å². The molecule has 0 aromatic heterocycles. The summed E-state index contributed by atoms with van der Waals surface area (Å²) < 4.78 is 16.4. The van der Waals surface area contributed by atoms with Gasteiger partial charge in [0.2, 0.25) is 5.91 Å². The Morgan fingerprint density at radius 2 is 1.72 bits per heavy atom. The van der Waals surface area contributed by atoms with E-state index in [-0.39, 0.29) is 12.6 Å². The number of anilines is 1. The van der Waals surface area contributed by atoms with E-state index in [9.17, 15) is 14.4 Å². The molecule has 36 heavy (non-hydrogen) atoms. The van der Waals surface area contributed by atoms with Gasteiger partial charge in [0.25, 0.3) is 0 Å². The largest absolute Gasteiger partial charge is 0.486 e. The van der Waals surface area contributed by atoms with Gasteiger partial charge in [-0.25, -0.2) is 0 Å². The molecule has 1 atom stereocenters. The fraction of sp³-hybridized carbons (Fsp3) is 0.444. The minimum atomic E-state index is -1.09. The van der Waals surface area contributed by atoms with Gasteiger partial charge < -0.3 is 24.8 Å². The van der Waals surface area contributed by atoms with Crippen LogP contribution in [-0.2, 0) is 19.1 Å². The van der Waals surface area contributed by atoms with E-state index in [0.29, 0.717) is 42.6 Å². The van der Waals surface area contributed by atoms with Crippen LogP contribution in [-0.4, -0.2) is 57.2 Å². The van der Waals surface area contributed by atoms with Gasteiger partial charge in [-0.1, -0.05) is 42.7 Å². The molecule has 1 aliphatic heterocycles. The third-order valence-electron chi connectivity index (χ3n) is 6.41. The Balaban J connectivity index is 1.75. The van der Waals surface area contributed by atoms with Crippen LogP contribution >= 0.6 is 0 Å². The number of amides is 3. The quantitative estimate of drug-likeness (QED) is 0.431. The highest BCUT2D eigenvalue weighted by Gasteiger charge is 2.37. The summed E-state index contributed by atoms with van der Waals surface area (Å²) in [5, 5.41) is 5.69. The second-order valence-electron chi connectivity index (χ2n) is 9.06. The van der Waals surface area contributed by atoms with E-state index in [1.54, 1.807) is 37.4 Å². The van der Waals surface area contributed by atoms with Gasteiger partial charge in [0, 0.05) is 31.5 Å². The summed E-state index contributed by atoms with van der Waals surface area (Å²) in [5.74, 6) is -0.975. The predicted molar refractivity (Wildman–Crippen MR) is 134 cm³/mol. The lowest BCUT2D eigenvalue weighted by molar-refractivity contribution is -0.139. The number of nitrogens with one attached hydrogen (secondary N) is 2. The first-order valence-electron chi connectivity index (χ1n) is 12.3. The van der Waals surface area contributed by atoms with Crippen LogP contribution in [0.15, 0.2) is 42.5 Å². The number of nitrogens with zero attached hydrogens (tertiary/aromatic N) is 1. The second kappa shape index (κ2) is 11.9. The number of hydrogen-bond acceptors (Lipinski definition) is 6. The van der Waals surface area contributed by atoms with E-state index in [1.807, 2.05) is 19.1 Å². The van der Waals surface area contributed by atoms with Crippen molar-refractivity contribution < 1.29 is 28.6 Å². The van der Waals surface area contributed by atoms with Gasteiger partial charge in [0.05, 0.1) is 6.61 Å². The predicted octanol–water partition coefficient (Wildman–Crippen LogP) is 2.66. The molecule has 0 bridgehead atoms. The number of benzene rings is 2. The van der Waals surface area contributed by atoms with Crippen molar-refractivity contribution in [3.05, 3.63) is 53.6 Å². The minimum absolute atomic E-state index is 0.0445. The van der Waals surface area contributed by atoms with Crippen molar-refractivity contribution in [1.82, 2.24) is 10.6 Å². The van der Waals surface area contributed by atoms with Crippen molar-refractivity contribution in [3.63, 3.8) is 0 Å². The van der Waals surface area contributed by atoms with Crippen LogP contribution < -0.4 is 25.0 Å². The lowest BCUT2D eigenvalue weighted by Crippen LogP contribution is -2.51. The molecule has 1 saturated carbocycles. The second-order valence-corrected chi connectivity index (χ2v) is 9.06. The summed E-state index contributed by atoms with van der Waals surface area (Å²) in [6, 6.07) is 11.2. The molecular formula is C27H33N3O6. The zero-order valence-electron chi connectivity index (χ0n) is 20.7. The first-order chi connectivity index (χ1) is 17.5. The monoisotopic (exact) mass is 495 g/mol. The van der Waals surface area contributed by atoms with Crippen molar-refractivity contribution in [2.24, 2.45) is 0 Å². The zero-order valence-corrected chi connectivity index (χ0v) is 20.7. The Hall–Kier alpha value is -3.59. The first kappa shape index (κ1) is 25.5. The molecule has 3 amide bonds. The zero-order chi connectivity index (χ0) is 25.5. The van der Waals surface area contributed by atoms with Crippen molar-refractivity contribution in [2.75, 3.05) is 38.4 Å². The Morgan fingerprint density at radius 1 is 1.03 bits per heavy atom. The third kappa shape index (κ3) is 5.96. The third-order valence-corrected chi connectivity index (χ3v) is 6.41. The Bertz CT molecular complexity index is 1080. The molecular weight excluding hydrogens is 462 g/mol. The molecule has 1 fully saturated rings. The summed E-state index contributed by atoms with van der Waals surface area (Å²) in [4.78, 5) is 41.7. The summed E-state index contributed by atoms with van der Waals surface area (Å²) in [6.07, 6.45) is 3.70. The average molecular weight is 496 g/mol. The van der Waals surface area contributed by atoms with Crippen molar-refractivity contribution in [2.45, 2.75) is 44.7 Å². The minimum Gasteiger partial charge on any atom is -0.486 e. The van der Waals surface area contributed by atoms with Crippen molar-refractivity contribution in [3.8, 4) is 11.5 Å². The SMILES string of the molecule is COCCNC(=O)[C@@H](c1ccc(C)cc1)N(C(=O)C(=O)NC1CCCC1)c1ccc2c(c1)OCCO2. The summed E-state index contributed by atoms with van der Waals surface area (Å²) in [7, 11) is 1.54. The van der Waals surface area contributed by atoms with E-state index in [2.05, 4.69) is 10.6 Å². The number of carbonyl (C=O) groups is 3. The highest BCUT2D eigenvalue weighted by Crippen LogP contribution is 2.37. The smallest absolute Gasteiger partial charge is 0.317 e. The highest BCUT2D eigenvalue weighted by atomic mass is 16.6. The Morgan fingerprint density at radius 3 is 2.42 bits per heavy atom. The molecule has 4 rings (SSSR count). The van der Waals surface area contributed by atoms with Gasteiger partial charge in [0.15, 0.2) is 11.5 Å². The number of rotatable bonds is 8. The summed E-state index contributed by atoms with van der Waals surface area (Å²) in [6.45, 7) is 3.30. The number of hydrogen-bond donors (Lipinski definition) is 2. The molecule has 1 heterocycles. The molecule has 2 aromatic carbocycles. The number of ether oxygens (including phenoxy) is 3. The molecule has 9 heteroatoms. The molecule has 0 unspecified atom stereocenters. The lowest BCUT2D eigenvalue weighted by Gasteiger charge is -2.32. The van der Waals surface area contributed by atoms with E-state index in [0.717, 1.165) is 31.2 Å². The lowest BCUT2D eigenvalue weighted by atomic mass is 10.0. The van der Waals surface area contributed by atoms with Gasteiger partial charge in [-0.15, -0.1) is 0 Å². The highest BCUT2D eigenvalue weighted by molar-refractivity contribution is 6.41. The Labute approximate surface area is 211 Å². The summed E-state index contributed by atoms with van der Waals surface area (Å²) in [5.41, 5.74) is 1.94. The average Bonchev–Trinajstić information content (AvgIpc) is 3.40. The maximum atomic E-state index is 13.8. The molecule has 0 spiro atoms. The molecule has 9 nitrogen and oxygen atoms in total. The number of methoxy groups -OCH3 is 1. The van der Waals surface area contributed by atoms with Crippen molar-refractivity contribution in [1.29, 1.82) is 0 Å². The van der Waals surface area contributed by atoms with E-state index in [1.165, 1.54) is 4.90 Å². The molecule has 192 valence electrons. The first-order valence-corrected chi connectivity index (χ1v) is 12.3. The van der Waals surface area contributed by atoms with E-state index < -0.39 is 23.8 Å². The molecule has 2 aliphatic rings. The van der Waals surface area contributed by atoms with E-state index >= 15 is 0 Å². The number of fused-ring (bicyclic) bond motifs is 1. The topological polar surface area (TPSA) is 106 Å². The molecule has 0 saturated heterocycles. The fourth-order valence-corrected chi connectivity index (χ4v) is 4.53. The van der Waals surface area contributed by atoms with Crippen LogP contribution in [0.3, 0.4) is 0 Å². The fourth-order valence-electron chi connectivity index (χ4n) is 4.53. The van der Waals surface area contributed by atoms with Gasteiger partial charge in [-0.05, 0) is 37.5 Å². The van der Waals surface area contributed by atoms with Gasteiger partial charge in [-0.2, -0.15) is 0 Å². The Kier molecular flexibility index (Phi) is 8.43. The van der Waals surface area contributed by atoms with Crippen LogP contribution in [0.5, 0.6) is 11.5 Å². The van der Waals surface area contributed by atoms with Crippen LogP contribution in [0, 0.1) is 6.92 Å². The van der Waals surface area contributed by atoms with Gasteiger partial charge >= 0.3 is 11.8 Å². The van der Waals surface area contributed by atoms with Crippen LogP contribution in [0.2, 0.25) is 0 Å². The maximum absolute atomic E-state index is 13.8. The maximum Gasteiger partial charge on any atom is 0.317 e. The van der Waals surface area contributed by atoms with Crippen LogP contribution in [0.1, 0.15) is 42.9 Å². The van der Waals surface area contributed by atoms with Gasteiger partial charge in [0.1, 0.15) is 19.3 Å². The molecule has 1 aliphatic carbocycles. The molecule has 0 radical (unpaired) electrons. The molecule has 2 N–H and O–H groups in total. The molecule has 2 aromatic rings. The van der Waals surface area contributed by atoms with Crippen LogP contribution in [0.4, 0.5) is 5.69 Å². The standard InChI is InChI=1S/C27H33N3O6/c1-18-7-9-19(10-8-18)24(25(31)28-13-14-34-2)30(27(33)26(32)29-20-5-3-4-6-20)21-11-12-22-23(17-21)36-16-15-35-22/h7-12,17,20,24H,3-6,13-16H2,1-2H3,(H,28,31)(H,29,32)/t24-/m1/s1. The number of carbonyl (C=O) groups excluding carboxylic acids is 3. The van der Waals surface area contributed by atoms with Crippen molar-refractivity contribution >= 4 is 23.4 Å². The van der Waals surface area contributed by atoms with Crippen LogP contribution in [0.25, 0.3) is 0 Å². The van der Waals surface area contributed by atoms with Gasteiger partial charge in [-0.3, -0.25) is 19.3 Å².